The quantitative estimate of drug-likeness (QED) is 0.732. The van der Waals surface area contributed by atoms with Crippen molar-refractivity contribution in [1.82, 2.24) is 14.0 Å². The van der Waals surface area contributed by atoms with Crippen LogP contribution in [-0.4, -0.2) is 32.4 Å². The van der Waals surface area contributed by atoms with E-state index in [0.717, 1.165) is 9.47 Å². The van der Waals surface area contributed by atoms with Gasteiger partial charge in [0.05, 0.1) is 11.1 Å². The lowest BCUT2D eigenvalue weighted by Gasteiger charge is -2.14. The number of fused-ring (bicyclic) bond motifs is 1. The molecule has 1 aliphatic rings. The van der Waals surface area contributed by atoms with Crippen molar-refractivity contribution in [2.75, 3.05) is 6.54 Å². The van der Waals surface area contributed by atoms with E-state index < -0.39 is 11.2 Å². The molecule has 132 valence electrons. The van der Waals surface area contributed by atoms with Gasteiger partial charge < -0.3 is 0 Å². The van der Waals surface area contributed by atoms with Crippen molar-refractivity contribution in [2.45, 2.75) is 26.4 Å². The van der Waals surface area contributed by atoms with Crippen molar-refractivity contribution in [2.24, 2.45) is 0 Å². The molecule has 0 unspecified atom stereocenters. The molecule has 1 aromatic heterocycles. The van der Waals surface area contributed by atoms with Gasteiger partial charge >= 0.3 is 5.69 Å². The van der Waals surface area contributed by atoms with Crippen LogP contribution in [0.25, 0.3) is 0 Å². The lowest BCUT2D eigenvalue weighted by atomic mass is 10.1. The number of nitriles is 1. The summed E-state index contributed by atoms with van der Waals surface area (Å²) in [6.07, 6.45) is 1.48. The number of amides is 2. The van der Waals surface area contributed by atoms with Gasteiger partial charge in [-0.3, -0.25) is 28.4 Å². The zero-order valence-electron chi connectivity index (χ0n) is 14.1. The molecule has 0 radical (unpaired) electrons. The Bertz CT molecular complexity index is 1020. The standard InChI is InChI=1S/C18H16N4O4/c1-2-20-11-12(10-19)15(23)22(18(20)26)9-5-8-21-16(24)13-6-3-4-7-14(13)17(21)25/h3-4,6-7,11H,2,5,8-9H2,1H3. The van der Waals surface area contributed by atoms with Gasteiger partial charge in [0.15, 0.2) is 0 Å². The van der Waals surface area contributed by atoms with Gasteiger partial charge in [0.2, 0.25) is 0 Å². The number of imide groups is 1. The zero-order valence-corrected chi connectivity index (χ0v) is 14.1. The average molecular weight is 352 g/mol. The van der Waals surface area contributed by atoms with Crippen LogP contribution in [0, 0.1) is 11.3 Å². The van der Waals surface area contributed by atoms with Gasteiger partial charge in [0.25, 0.3) is 17.4 Å². The van der Waals surface area contributed by atoms with E-state index in [-0.39, 0.29) is 36.9 Å². The lowest BCUT2D eigenvalue weighted by Crippen LogP contribution is -2.41. The molecule has 1 aliphatic heterocycles. The highest BCUT2D eigenvalue weighted by molar-refractivity contribution is 6.21. The first-order valence-corrected chi connectivity index (χ1v) is 8.19. The number of rotatable bonds is 5. The van der Waals surface area contributed by atoms with Crippen LogP contribution in [0.15, 0.2) is 40.1 Å². The molecule has 2 aromatic rings. The van der Waals surface area contributed by atoms with Gasteiger partial charge in [0, 0.05) is 25.8 Å². The number of carbonyl (C=O) groups excluding carboxylic acids is 2. The van der Waals surface area contributed by atoms with Crippen molar-refractivity contribution in [3.8, 4) is 6.07 Å². The smallest absolute Gasteiger partial charge is 0.299 e. The van der Waals surface area contributed by atoms with Gasteiger partial charge in [-0.05, 0) is 25.5 Å². The Morgan fingerprint density at radius 2 is 1.62 bits per heavy atom. The van der Waals surface area contributed by atoms with Gasteiger partial charge in [-0.2, -0.15) is 5.26 Å². The zero-order chi connectivity index (χ0) is 18.8. The Labute approximate surface area is 148 Å². The molecular formula is C18H16N4O4. The number of aromatic nitrogens is 2. The number of hydrogen-bond acceptors (Lipinski definition) is 5. The van der Waals surface area contributed by atoms with Gasteiger partial charge in [-0.25, -0.2) is 4.79 Å². The summed E-state index contributed by atoms with van der Waals surface area (Å²) in [5.41, 5.74) is -0.584. The fourth-order valence-corrected chi connectivity index (χ4v) is 2.98. The SMILES string of the molecule is CCn1cc(C#N)c(=O)n(CCCN2C(=O)c3ccccc3C2=O)c1=O. The van der Waals surface area contributed by atoms with Crippen LogP contribution >= 0.6 is 0 Å². The minimum Gasteiger partial charge on any atom is -0.299 e. The maximum absolute atomic E-state index is 12.3. The van der Waals surface area contributed by atoms with Crippen molar-refractivity contribution in [1.29, 1.82) is 5.26 Å². The van der Waals surface area contributed by atoms with E-state index in [1.54, 1.807) is 37.3 Å². The molecule has 0 N–H and O–H groups in total. The van der Waals surface area contributed by atoms with Crippen LogP contribution in [0.3, 0.4) is 0 Å². The highest BCUT2D eigenvalue weighted by Crippen LogP contribution is 2.22. The molecule has 8 heteroatoms. The van der Waals surface area contributed by atoms with Crippen molar-refractivity contribution < 1.29 is 9.59 Å². The summed E-state index contributed by atoms with van der Waals surface area (Å²) in [7, 11) is 0. The Morgan fingerprint density at radius 3 is 2.15 bits per heavy atom. The van der Waals surface area contributed by atoms with E-state index >= 15 is 0 Å². The fraction of sp³-hybridized carbons (Fsp3) is 0.278. The van der Waals surface area contributed by atoms with Crippen LogP contribution in [0.4, 0.5) is 0 Å². The molecule has 2 heterocycles. The van der Waals surface area contributed by atoms with Crippen LogP contribution in [-0.2, 0) is 13.1 Å². The number of hydrogen-bond donors (Lipinski definition) is 0. The Balaban J connectivity index is 1.79. The first-order valence-electron chi connectivity index (χ1n) is 8.19. The van der Waals surface area contributed by atoms with E-state index in [0.29, 0.717) is 17.7 Å². The van der Waals surface area contributed by atoms with Crippen molar-refractivity contribution >= 4 is 11.8 Å². The van der Waals surface area contributed by atoms with Crippen LogP contribution in [0.5, 0.6) is 0 Å². The summed E-state index contributed by atoms with van der Waals surface area (Å²) in [6, 6.07) is 8.35. The summed E-state index contributed by atoms with van der Waals surface area (Å²) in [5, 5.41) is 9.05. The highest BCUT2D eigenvalue weighted by atomic mass is 16.2. The van der Waals surface area contributed by atoms with E-state index in [1.807, 2.05) is 0 Å². The first-order chi connectivity index (χ1) is 12.5. The maximum Gasteiger partial charge on any atom is 0.331 e. The van der Waals surface area contributed by atoms with E-state index in [9.17, 15) is 19.2 Å². The Morgan fingerprint density at radius 1 is 1.00 bits per heavy atom. The summed E-state index contributed by atoms with van der Waals surface area (Å²) >= 11 is 0. The third-order valence-electron chi connectivity index (χ3n) is 4.34. The second kappa shape index (κ2) is 6.80. The number of benzene rings is 1. The number of carbonyl (C=O) groups is 2. The van der Waals surface area contributed by atoms with Gasteiger partial charge in [-0.15, -0.1) is 0 Å². The molecule has 3 rings (SSSR count). The number of aryl methyl sites for hydroxylation is 1. The second-order valence-corrected chi connectivity index (χ2v) is 5.84. The van der Waals surface area contributed by atoms with E-state index in [4.69, 9.17) is 5.26 Å². The molecule has 2 amide bonds. The van der Waals surface area contributed by atoms with Crippen LogP contribution in [0.1, 0.15) is 39.6 Å². The molecule has 26 heavy (non-hydrogen) atoms. The lowest BCUT2D eigenvalue weighted by molar-refractivity contribution is 0.0650. The average Bonchev–Trinajstić information content (AvgIpc) is 2.89. The third-order valence-corrected chi connectivity index (χ3v) is 4.34. The Kier molecular flexibility index (Phi) is 4.54. The van der Waals surface area contributed by atoms with E-state index in [1.165, 1.54) is 10.8 Å². The molecule has 1 aromatic carbocycles. The minimum atomic E-state index is -0.662. The predicted octanol–water partition coefficient (Wildman–Crippen LogP) is 0.588. The van der Waals surface area contributed by atoms with Crippen LogP contribution in [0.2, 0.25) is 0 Å². The molecular weight excluding hydrogens is 336 g/mol. The minimum absolute atomic E-state index is 0.0145. The molecule has 0 bridgehead atoms. The summed E-state index contributed by atoms with van der Waals surface area (Å²) in [5.74, 6) is -0.760. The Hall–Kier alpha value is -3.47. The normalized spacial score (nSPS) is 13.0. The highest BCUT2D eigenvalue weighted by Gasteiger charge is 2.34. The second-order valence-electron chi connectivity index (χ2n) is 5.84. The molecule has 0 saturated heterocycles. The molecule has 0 spiro atoms. The summed E-state index contributed by atoms with van der Waals surface area (Å²) < 4.78 is 2.25. The largest absolute Gasteiger partial charge is 0.331 e. The van der Waals surface area contributed by atoms with Gasteiger partial charge in [0.1, 0.15) is 11.6 Å². The third kappa shape index (κ3) is 2.73. The van der Waals surface area contributed by atoms with Crippen LogP contribution < -0.4 is 11.2 Å². The first kappa shape index (κ1) is 17.4. The molecule has 0 saturated carbocycles. The molecule has 0 atom stereocenters. The van der Waals surface area contributed by atoms with Gasteiger partial charge in [-0.1, -0.05) is 12.1 Å². The summed E-state index contributed by atoms with van der Waals surface area (Å²) in [4.78, 5) is 50.2. The van der Waals surface area contributed by atoms with E-state index in [2.05, 4.69) is 0 Å². The van der Waals surface area contributed by atoms with Crippen molar-refractivity contribution in [3.63, 3.8) is 0 Å². The summed E-state index contributed by atoms with van der Waals surface area (Å²) in [6.45, 7) is 2.16. The molecule has 0 fully saturated rings. The van der Waals surface area contributed by atoms with Crippen molar-refractivity contribution in [3.05, 3.63) is 68.0 Å². The molecule has 8 nitrogen and oxygen atoms in total. The maximum atomic E-state index is 12.3. The predicted molar refractivity (Wildman–Crippen MR) is 91.8 cm³/mol. The number of nitrogens with zero attached hydrogens (tertiary/aromatic N) is 4. The topological polar surface area (TPSA) is 105 Å². The molecule has 0 aliphatic carbocycles. The monoisotopic (exact) mass is 352 g/mol. The fourth-order valence-electron chi connectivity index (χ4n) is 2.98.